The molecule has 0 bridgehead atoms. The molecule has 0 atom stereocenters. The van der Waals surface area contributed by atoms with E-state index in [0.29, 0.717) is 24.3 Å². The van der Waals surface area contributed by atoms with Gasteiger partial charge < -0.3 is 16.0 Å². The van der Waals surface area contributed by atoms with Crippen molar-refractivity contribution in [2.45, 2.75) is 63.2 Å². The lowest BCUT2D eigenvalue weighted by Gasteiger charge is -2.08. The van der Waals surface area contributed by atoms with E-state index < -0.39 is 10.1 Å². The van der Waals surface area contributed by atoms with Crippen molar-refractivity contribution in [3.8, 4) is 0 Å². The highest BCUT2D eigenvalue weighted by molar-refractivity contribution is 7.86. The van der Waals surface area contributed by atoms with Crippen molar-refractivity contribution in [3.63, 3.8) is 0 Å². The first-order valence-corrected chi connectivity index (χ1v) is 14.9. The molecule has 0 aliphatic carbocycles. The molecule has 0 saturated heterocycles. The molecule has 0 spiro atoms. The number of allylic oxidation sites excluding steroid dienone is 2. The highest BCUT2D eigenvalue weighted by Crippen LogP contribution is 2.13. The quantitative estimate of drug-likeness (QED) is 0.0778. The van der Waals surface area contributed by atoms with Crippen LogP contribution >= 0.6 is 0 Å². The number of pyridine rings is 1. The van der Waals surface area contributed by atoms with Crippen LogP contribution in [0.1, 0.15) is 74.2 Å². The third kappa shape index (κ3) is 12.4. The summed E-state index contributed by atoms with van der Waals surface area (Å²) < 4.78 is 32.2. The summed E-state index contributed by atoms with van der Waals surface area (Å²) in [5, 5.41) is 12.7. The zero-order valence-electron chi connectivity index (χ0n) is 23.2. The summed E-state index contributed by atoms with van der Waals surface area (Å²) in [6.07, 6.45) is 12.7. The SMILES string of the molecule is CCCC/C(=C/CCCCCC(=O)NCCNC(=O)c1ccc(N/N=C/c2ccccc2S(=O)(=O)O)nc1)NC. The molecule has 1 aromatic carbocycles. The van der Waals surface area contributed by atoms with E-state index in [-0.39, 0.29) is 28.8 Å². The lowest BCUT2D eigenvalue weighted by molar-refractivity contribution is -0.121. The van der Waals surface area contributed by atoms with Gasteiger partial charge in [0, 0.05) is 44.0 Å². The second-order valence-electron chi connectivity index (χ2n) is 9.10. The number of nitrogens with zero attached hydrogens (tertiary/aromatic N) is 2. The van der Waals surface area contributed by atoms with Crippen molar-refractivity contribution in [2.24, 2.45) is 5.10 Å². The Balaban J connectivity index is 1.64. The summed E-state index contributed by atoms with van der Waals surface area (Å²) in [6.45, 7) is 2.81. The highest BCUT2D eigenvalue weighted by Gasteiger charge is 2.13. The average molecular weight is 573 g/mol. The first-order valence-electron chi connectivity index (χ1n) is 13.5. The fourth-order valence-corrected chi connectivity index (χ4v) is 4.40. The van der Waals surface area contributed by atoms with Gasteiger partial charge in [-0.25, -0.2) is 4.98 Å². The zero-order chi connectivity index (χ0) is 29.2. The molecule has 218 valence electrons. The van der Waals surface area contributed by atoms with Crippen molar-refractivity contribution in [1.29, 1.82) is 0 Å². The lowest BCUT2D eigenvalue weighted by atomic mass is 10.1. The van der Waals surface area contributed by atoms with Crippen LogP contribution in [-0.4, -0.2) is 56.1 Å². The number of hydrazone groups is 1. The number of anilines is 1. The molecular weight excluding hydrogens is 532 g/mol. The Morgan fingerprint density at radius 3 is 2.48 bits per heavy atom. The normalized spacial score (nSPS) is 11.8. The molecule has 2 aromatic rings. The number of hydrogen-bond acceptors (Lipinski definition) is 8. The molecule has 1 aromatic heterocycles. The molecule has 2 amide bonds. The fourth-order valence-electron chi connectivity index (χ4n) is 3.73. The summed E-state index contributed by atoms with van der Waals surface area (Å²) in [6, 6.07) is 8.97. The maximum absolute atomic E-state index is 12.3. The number of nitrogens with one attached hydrogen (secondary N) is 4. The van der Waals surface area contributed by atoms with Gasteiger partial charge in [0.25, 0.3) is 16.0 Å². The third-order valence-corrected chi connectivity index (χ3v) is 6.89. The van der Waals surface area contributed by atoms with Gasteiger partial charge in [-0.15, -0.1) is 0 Å². The maximum Gasteiger partial charge on any atom is 0.295 e. The molecule has 0 unspecified atom stereocenters. The molecule has 40 heavy (non-hydrogen) atoms. The van der Waals surface area contributed by atoms with Crippen LogP contribution in [-0.2, 0) is 14.9 Å². The van der Waals surface area contributed by atoms with Gasteiger partial charge in [-0.2, -0.15) is 13.5 Å². The van der Waals surface area contributed by atoms with E-state index in [4.69, 9.17) is 0 Å². The van der Waals surface area contributed by atoms with Gasteiger partial charge in [0.2, 0.25) is 5.91 Å². The zero-order valence-corrected chi connectivity index (χ0v) is 24.0. The Bertz CT molecular complexity index is 1250. The molecule has 5 N–H and O–H groups in total. The number of aromatic nitrogens is 1. The molecule has 2 rings (SSSR count). The monoisotopic (exact) mass is 572 g/mol. The fraction of sp³-hybridized carbons (Fsp3) is 0.429. The second-order valence-corrected chi connectivity index (χ2v) is 10.5. The summed E-state index contributed by atoms with van der Waals surface area (Å²) >= 11 is 0. The Hall–Kier alpha value is -3.77. The van der Waals surface area contributed by atoms with E-state index in [1.54, 1.807) is 18.2 Å². The maximum atomic E-state index is 12.3. The smallest absolute Gasteiger partial charge is 0.295 e. The van der Waals surface area contributed by atoms with Crippen LogP contribution in [0.2, 0.25) is 0 Å². The molecule has 0 fully saturated rings. The van der Waals surface area contributed by atoms with E-state index in [1.807, 2.05) is 7.05 Å². The van der Waals surface area contributed by atoms with E-state index in [1.165, 1.54) is 49.1 Å². The van der Waals surface area contributed by atoms with E-state index in [9.17, 15) is 22.6 Å². The second kappa shape index (κ2) is 17.7. The van der Waals surface area contributed by atoms with Crippen molar-refractivity contribution >= 4 is 34.0 Å². The van der Waals surface area contributed by atoms with Crippen LogP contribution < -0.4 is 21.4 Å². The van der Waals surface area contributed by atoms with Gasteiger partial charge in [0.1, 0.15) is 10.7 Å². The van der Waals surface area contributed by atoms with E-state index >= 15 is 0 Å². The van der Waals surface area contributed by atoms with Crippen LogP contribution in [0, 0.1) is 0 Å². The Labute approximate surface area is 236 Å². The minimum atomic E-state index is -4.38. The molecular formula is C28H40N6O5S. The Morgan fingerprint density at radius 2 is 1.77 bits per heavy atom. The van der Waals surface area contributed by atoms with Crippen LogP contribution in [0.4, 0.5) is 5.82 Å². The standard InChI is InChI=1S/C28H40N6O5S/c1-3-4-12-24(29-2)13-7-5-6-8-15-27(35)30-18-19-31-28(36)23-16-17-26(32-20-23)34-33-21-22-11-9-10-14-25(22)40(37,38)39/h9-11,13-14,16-17,20-21,29H,3-8,12,15,18-19H2,1-2H3,(H,30,35)(H,31,36)(H,32,34)(H,37,38,39)/b24-13-,33-21+. The van der Waals surface area contributed by atoms with Crippen molar-refractivity contribution in [3.05, 3.63) is 65.5 Å². The number of benzene rings is 1. The Kier molecular flexibility index (Phi) is 14.4. The topological polar surface area (TPSA) is 162 Å². The number of hydrogen-bond donors (Lipinski definition) is 5. The number of unbranched alkanes of at least 4 members (excludes halogenated alkanes) is 4. The van der Waals surface area contributed by atoms with Gasteiger partial charge in [-0.1, -0.05) is 44.0 Å². The van der Waals surface area contributed by atoms with Gasteiger partial charge in [0.15, 0.2) is 0 Å². The highest BCUT2D eigenvalue weighted by atomic mass is 32.2. The van der Waals surface area contributed by atoms with Crippen LogP contribution in [0.5, 0.6) is 0 Å². The van der Waals surface area contributed by atoms with Gasteiger partial charge >= 0.3 is 0 Å². The predicted octanol–water partition coefficient (Wildman–Crippen LogP) is 3.86. The lowest BCUT2D eigenvalue weighted by Crippen LogP contribution is -2.34. The molecule has 0 radical (unpaired) electrons. The van der Waals surface area contributed by atoms with E-state index in [0.717, 1.165) is 32.1 Å². The number of amides is 2. The summed E-state index contributed by atoms with van der Waals surface area (Å²) in [5.41, 5.74) is 4.47. The number of carbonyl (C=O) groups is 2. The van der Waals surface area contributed by atoms with Crippen molar-refractivity contribution in [1.82, 2.24) is 20.9 Å². The first-order chi connectivity index (χ1) is 19.2. The molecule has 0 saturated carbocycles. The summed E-state index contributed by atoms with van der Waals surface area (Å²) in [4.78, 5) is 28.2. The molecule has 0 aliphatic heterocycles. The van der Waals surface area contributed by atoms with Crippen LogP contribution in [0.15, 0.2) is 64.4 Å². The molecule has 1 heterocycles. The van der Waals surface area contributed by atoms with Crippen molar-refractivity contribution < 1.29 is 22.6 Å². The minimum absolute atomic E-state index is 0.0273. The number of rotatable bonds is 18. The predicted molar refractivity (Wildman–Crippen MR) is 157 cm³/mol. The third-order valence-electron chi connectivity index (χ3n) is 5.96. The first kappa shape index (κ1) is 32.4. The molecule has 0 aliphatic rings. The average Bonchev–Trinajstić information content (AvgIpc) is 2.94. The molecule has 11 nitrogen and oxygen atoms in total. The summed E-state index contributed by atoms with van der Waals surface area (Å²) in [7, 11) is -2.42. The molecule has 12 heteroatoms. The largest absolute Gasteiger partial charge is 0.392 e. The van der Waals surface area contributed by atoms with Crippen LogP contribution in [0.25, 0.3) is 0 Å². The number of carbonyl (C=O) groups excluding carboxylic acids is 2. The van der Waals surface area contributed by atoms with E-state index in [2.05, 4.69) is 44.5 Å². The van der Waals surface area contributed by atoms with Gasteiger partial charge in [-0.3, -0.25) is 19.6 Å². The van der Waals surface area contributed by atoms with Crippen LogP contribution in [0.3, 0.4) is 0 Å². The van der Waals surface area contributed by atoms with Crippen molar-refractivity contribution in [2.75, 3.05) is 25.6 Å². The van der Waals surface area contributed by atoms with Gasteiger partial charge in [-0.05, 0) is 50.3 Å². The van der Waals surface area contributed by atoms with Gasteiger partial charge in [0.05, 0.1) is 11.8 Å². The minimum Gasteiger partial charge on any atom is -0.392 e. The Morgan fingerprint density at radius 1 is 1.00 bits per heavy atom. The summed E-state index contributed by atoms with van der Waals surface area (Å²) in [5.74, 6) is -0.0216.